The number of carboxylic acids is 2. The Morgan fingerprint density at radius 2 is 1.58 bits per heavy atom. The fourth-order valence-electron chi connectivity index (χ4n) is 2.98. The molecule has 11 nitrogen and oxygen atoms in total. The fraction of sp³-hybridized carbons (Fsp3) is 0.500. The molecular weight excluding hydrogens is 432 g/mol. The highest BCUT2D eigenvalue weighted by atomic mass is 16.4. The molecule has 0 saturated heterocycles. The maximum absolute atomic E-state index is 12.6. The molecule has 11 heteroatoms. The van der Waals surface area contributed by atoms with Gasteiger partial charge in [-0.15, -0.1) is 0 Å². The molecule has 0 aliphatic heterocycles. The zero-order valence-corrected chi connectivity index (χ0v) is 18.7. The van der Waals surface area contributed by atoms with E-state index in [-0.39, 0.29) is 31.6 Å². The Hall–Kier alpha value is -3.47. The molecule has 0 spiro atoms. The van der Waals surface area contributed by atoms with Gasteiger partial charge in [0.1, 0.15) is 12.1 Å². The van der Waals surface area contributed by atoms with E-state index in [2.05, 4.69) is 16.0 Å². The summed E-state index contributed by atoms with van der Waals surface area (Å²) in [7, 11) is 0. The topological polar surface area (TPSA) is 188 Å². The van der Waals surface area contributed by atoms with Crippen molar-refractivity contribution in [3.63, 3.8) is 0 Å². The van der Waals surface area contributed by atoms with Crippen molar-refractivity contribution in [1.29, 1.82) is 0 Å². The number of rotatable bonds is 14. The summed E-state index contributed by atoms with van der Waals surface area (Å²) in [5.41, 5.74) is 6.42. The number of aliphatic carboxylic acids is 2. The third-order valence-electron chi connectivity index (χ3n) is 4.69. The highest BCUT2D eigenvalue weighted by Crippen LogP contribution is 2.07. The minimum Gasteiger partial charge on any atom is -0.481 e. The maximum atomic E-state index is 12.6. The minimum absolute atomic E-state index is 0.0207. The van der Waals surface area contributed by atoms with Crippen LogP contribution in [0.2, 0.25) is 0 Å². The van der Waals surface area contributed by atoms with Gasteiger partial charge in [-0.05, 0) is 24.3 Å². The number of nitrogens with two attached hydrogens (primary N) is 1. The first kappa shape index (κ1) is 27.6. The maximum Gasteiger partial charge on any atom is 0.326 e. The van der Waals surface area contributed by atoms with E-state index in [4.69, 9.17) is 10.8 Å². The Bertz CT molecular complexity index is 829. The van der Waals surface area contributed by atoms with E-state index >= 15 is 0 Å². The number of hydrogen-bond donors (Lipinski definition) is 6. The third-order valence-corrected chi connectivity index (χ3v) is 4.69. The van der Waals surface area contributed by atoms with Crippen molar-refractivity contribution in [2.24, 2.45) is 11.7 Å². The van der Waals surface area contributed by atoms with Crippen molar-refractivity contribution in [2.75, 3.05) is 6.54 Å². The number of carbonyl (C=O) groups excluding carboxylic acids is 3. The molecule has 182 valence electrons. The van der Waals surface area contributed by atoms with Gasteiger partial charge in [-0.1, -0.05) is 44.2 Å². The van der Waals surface area contributed by atoms with Crippen LogP contribution >= 0.6 is 0 Å². The van der Waals surface area contributed by atoms with Gasteiger partial charge in [0, 0.05) is 12.8 Å². The van der Waals surface area contributed by atoms with Gasteiger partial charge in [-0.25, -0.2) is 4.79 Å². The van der Waals surface area contributed by atoms with Crippen molar-refractivity contribution >= 4 is 29.7 Å². The second kappa shape index (κ2) is 13.8. The molecule has 1 aromatic carbocycles. The molecule has 0 saturated carbocycles. The summed E-state index contributed by atoms with van der Waals surface area (Å²) in [4.78, 5) is 59.2. The molecule has 0 aliphatic carbocycles. The Morgan fingerprint density at radius 1 is 0.939 bits per heavy atom. The van der Waals surface area contributed by atoms with Gasteiger partial charge in [0.05, 0.1) is 12.6 Å². The average Bonchev–Trinajstić information content (AvgIpc) is 2.75. The SMILES string of the molecule is CC(C)CC(NC(=O)C(N)CCC(=O)O)C(=O)NCC(=O)NC(Cc1ccccc1)C(=O)O. The molecule has 3 amide bonds. The number of carbonyl (C=O) groups is 5. The summed E-state index contributed by atoms with van der Waals surface area (Å²) in [6, 6.07) is 5.53. The summed E-state index contributed by atoms with van der Waals surface area (Å²) < 4.78 is 0. The molecule has 0 aliphatic rings. The fourth-order valence-corrected chi connectivity index (χ4v) is 2.98. The van der Waals surface area contributed by atoms with Crippen LogP contribution in [0.3, 0.4) is 0 Å². The van der Waals surface area contributed by atoms with Gasteiger partial charge in [-0.2, -0.15) is 0 Å². The molecule has 0 radical (unpaired) electrons. The monoisotopic (exact) mass is 464 g/mol. The van der Waals surface area contributed by atoms with Gasteiger partial charge < -0.3 is 31.9 Å². The van der Waals surface area contributed by atoms with Crippen LogP contribution in [-0.2, 0) is 30.4 Å². The molecule has 3 atom stereocenters. The van der Waals surface area contributed by atoms with Crippen LogP contribution in [0.1, 0.15) is 38.7 Å². The van der Waals surface area contributed by atoms with Gasteiger partial charge in [0.15, 0.2) is 0 Å². The molecule has 1 aromatic rings. The first-order valence-corrected chi connectivity index (χ1v) is 10.6. The number of carboxylic acid groups (broad SMARTS) is 2. The lowest BCUT2D eigenvalue weighted by molar-refractivity contribution is -0.141. The summed E-state index contributed by atoms with van der Waals surface area (Å²) in [5.74, 6) is -4.28. The summed E-state index contributed by atoms with van der Waals surface area (Å²) in [6.45, 7) is 3.20. The smallest absolute Gasteiger partial charge is 0.326 e. The van der Waals surface area contributed by atoms with Crippen LogP contribution in [0, 0.1) is 5.92 Å². The molecule has 0 bridgehead atoms. The predicted octanol–water partition coefficient (Wildman–Crippen LogP) is -0.362. The van der Waals surface area contributed by atoms with Gasteiger partial charge >= 0.3 is 11.9 Å². The largest absolute Gasteiger partial charge is 0.481 e. The van der Waals surface area contributed by atoms with Crippen LogP contribution in [0.25, 0.3) is 0 Å². The van der Waals surface area contributed by atoms with Crippen molar-refractivity contribution < 1.29 is 34.2 Å². The first-order valence-electron chi connectivity index (χ1n) is 10.6. The van der Waals surface area contributed by atoms with Crippen molar-refractivity contribution in [2.45, 2.75) is 57.7 Å². The zero-order valence-electron chi connectivity index (χ0n) is 18.7. The lowest BCUT2D eigenvalue weighted by atomic mass is 10.0. The Kier molecular flexibility index (Phi) is 11.6. The van der Waals surface area contributed by atoms with Crippen LogP contribution in [0.15, 0.2) is 30.3 Å². The number of benzene rings is 1. The highest BCUT2D eigenvalue weighted by molar-refractivity contribution is 5.92. The zero-order chi connectivity index (χ0) is 25.0. The Labute approximate surface area is 192 Å². The number of amides is 3. The second-order valence-corrected chi connectivity index (χ2v) is 8.10. The van der Waals surface area contributed by atoms with E-state index in [0.717, 1.165) is 5.56 Å². The van der Waals surface area contributed by atoms with Crippen LogP contribution < -0.4 is 21.7 Å². The van der Waals surface area contributed by atoms with E-state index in [1.807, 2.05) is 13.8 Å². The first-order chi connectivity index (χ1) is 15.5. The molecule has 0 fully saturated rings. The average molecular weight is 465 g/mol. The predicted molar refractivity (Wildman–Crippen MR) is 119 cm³/mol. The molecule has 33 heavy (non-hydrogen) atoms. The normalized spacial score (nSPS) is 13.5. The molecule has 0 heterocycles. The number of nitrogens with one attached hydrogen (secondary N) is 3. The van der Waals surface area contributed by atoms with Crippen LogP contribution in [0.5, 0.6) is 0 Å². The van der Waals surface area contributed by atoms with Crippen molar-refractivity contribution in [1.82, 2.24) is 16.0 Å². The Morgan fingerprint density at radius 3 is 2.12 bits per heavy atom. The lowest BCUT2D eigenvalue weighted by Crippen LogP contribution is -2.54. The summed E-state index contributed by atoms with van der Waals surface area (Å²) in [6.07, 6.45) is -0.0339. The molecule has 1 rings (SSSR count). The Balaban J connectivity index is 2.65. The summed E-state index contributed by atoms with van der Waals surface area (Å²) in [5, 5.41) is 25.3. The number of hydrogen-bond acceptors (Lipinski definition) is 6. The van der Waals surface area contributed by atoms with Gasteiger partial charge in [0.25, 0.3) is 0 Å². The van der Waals surface area contributed by atoms with E-state index < -0.39 is 54.3 Å². The third kappa shape index (κ3) is 11.1. The van der Waals surface area contributed by atoms with E-state index in [0.29, 0.717) is 0 Å². The highest BCUT2D eigenvalue weighted by Gasteiger charge is 2.26. The van der Waals surface area contributed by atoms with Crippen LogP contribution in [0.4, 0.5) is 0 Å². The van der Waals surface area contributed by atoms with Crippen LogP contribution in [-0.4, -0.2) is 64.5 Å². The van der Waals surface area contributed by atoms with E-state index in [9.17, 15) is 29.1 Å². The van der Waals surface area contributed by atoms with E-state index in [1.54, 1.807) is 30.3 Å². The molecule has 7 N–H and O–H groups in total. The van der Waals surface area contributed by atoms with Gasteiger partial charge in [0.2, 0.25) is 17.7 Å². The van der Waals surface area contributed by atoms with Crippen molar-refractivity contribution in [3.8, 4) is 0 Å². The summed E-state index contributed by atoms with van der Waals surface area (Å²) >= 11 is 0. The minimum atomic E-state index is -1.21. The van der Waals surface area contributed by atoms with E-state index in [1.165, 1.54) is 0 Å². The van der Waals surface area contributed by atoms with Gasteiger partial charge in [-0.3, -0.25) is 19.2 Å². The molecule has 3 unspecified atom stereocenters. The standard InChI is InChI=1S/C22H32N4O7/c1-13(2)10-16(26-20(30)15(23)8-9-19(28)29)21(31)24-12-18(27)25-17(22(32)33)11-14-6-4-3-5-7-14/h3-7,13,15-17H,8-12,23H2,1-2H3,(H,24,31)(H,25,27)(H,26,30)(H,28,29)(H,32,33). The van der Waals surface area contributed by atoms with Crippen molar-refractivity contribution in [3.05, 3.63) is 35.9 Å². The molecular formula is C22H32N4O7. The quantitative estimate of drug-likeness (QED) is 0.215. The second-order valence-electron chi connectivity index (χ2n) is 8.10. The lowest BCUT2D eigenvalue weighted by Gasteiger charge is -2.22. The molecule has 0 aromatic heterocycles.